The topological polar surface area (TPSA) is 24.5 Å². The van der Waals surface area contributed by atoms with Crippen molar-refractivity contribution in [3.05, 3.63) is 0 Å². The molecule has 2 heterocycles. The molecule has 0 amide bonds. The minimum atomic E-state index is 0.234. The predicted molar refractivity (Wildman–Crippen MR) is 71.3 cm³/mol. The van der Waals surface area contributed by atoms with Crippen LogP contribution in [0.4, 0.5) is 0 Å². The van der Waals surface area contributed by atoms with Crippen LogP contribution in [0.2, 0.25) is 0 Å². The molecule has 0 aromatic heterocycles. The Kier molecular flexibility index (Phi) is 4.11. The smallest absolute Gasteiger partial charge is 0.0707 e. The highest BCUT2D eigenvalue weighted by atomic mass is 16.5. The number of nitrogens with one attached hydrogen (secondary N) is 1. The van der Waals surface area contributed by atoms with E-state index in [4.69, 9.17) is 4.74 Å². The molecule has 2 rings (SSSR count). The molecule has 0 aromatic rings. The van der Waals surface area contributed by atoms with Gasteiger partial charge in [0, 0.05) is 25.2 Å². The Labute approximate surface area is 106 Å². The van der Waals surface area contributed by atoms with Crippen LogP contribution >= 0.6 is 0 Å². The number of ether oxygens (including phenoxy) is 1. The van der Waals surface area contributed by atoms with Crippen molar-refractivity contribution < 1.29 is 4.74 Å². The van der Waals surface area contributed by atoms with Gasteiger partial charge in [0.15, 0.2) is 0 Å². The van der Waals surface area contributed by atoms with E-state index >= 15 is 0 Å². The van der Waals surface area contributed by atoms with Crippen LogP contribution in [0.3, 0.4) is 0 Å². The fourth-order valence-corrected chi connectivity index (χ4v) is 2.83. The van der Waals surface area contributed by atoms with E-state index in [1.807, 2.05) is 0 Å². The highest BCUT2D eigenvalue weighted by Gasteiger charge is 2.33. The van der Waals surface area contributed by atoms with Crippen molar-refractivity contribution in [3.63, 3.8) is 0 Å². The molecule has 3 nitrogen and oxygen atoms in total. The first kappa shape index (κ1) is 13.3. The van der Waals surface area contributed by atoms with E-state index in [-0.39, 0.29) is 5.54 Å². The van der Waals surface area contributed by atoms with E-state index in [2.05, 4.69) is 37.9 Å². The molecule has 2 bridgehead atoms. The maximum Gasteiger partial charge on any atom is 0.0707 e. The summed E-state index contributed by atoms with van der Waals surface area (Å²) < 4.78 is 5.87. The summed E-state index contributed by atoms with van der Waals surface area (Å²) in [5.41, 5.74) is 0.234. The second-order valence-electron chi connectivity index (χ2n) is 6.91. The maximum atomic E-state index is 5.87. The zero-order valence-corrected chi connectivity index (χ0v) is 11.8. The van der Waals surface area contributed by atoms with Gasteiger partial charge in [-0.05, 0) is 46.1 Å². The number of morpholine rings is 1. The number of rotatable bonds is 4. The van der Waals surface area contributed by atoms with Gasteiger partial charge in [0.05, 0.1) is 12.2 Å². The van der Waals surface area contributed by atoms with Gasteiger partial charge in [-0.3, -0.25) is 4.90 Å². The number of fused-ring (bicyclic) bond motifs is 2. The summed E-state index contributed by atoms with van der Waals surface area (Å²) in [5.74, 6) is 0.715. The first-order chi connectivity index (χ1) is 7.92. The van der Waals surface area contributed by atoms with Gasteiger partial charge in [0.2, 0.25) is 0 Å². The Bertz CT molecular complexity index is 237. The Balaban J connectivity index is 1.70. The summed E-state index contributed by atoms with van der Waals surface area (Å²) in [4.78, 5) is 2.60. The van der Waals surface area contributed by atoms with E-state index in [1.165, 1.54) is 19.4 Å². The van der Waals surface area contributed by atoms with Gasteiger partial charge in [0.25, 0.3) is 0 Å². The zero-order valence-electron chi connectivity index (χ0n) is 11.8. The molecular weight excluding hydrogens is 212 g/mol. The largest absolute Gasteiger partial charge is 0.372 e. The second-order valence-corrected chi connectivity index (χ2v) is 6.91. The zero-order chi connectivity index (χ0) is 12.5. The molecule has 3 atom stereocenters. The van der Waals surface area contributed by atoms with Crippen LogP contribution in [0.15, 0.2) is 0 Å². The minimum Gasteiger partial charge on any atom is -0.372 e. The summed E-state index contributed by atoms with van der Waals surface area (Å²) in [6, 6.07) is 0. The van der Waals surface area contributed by atoms with Crippen molar-refractivity contribution in [2.24, 2.45) is 5.92 Å². The predicted octanol–water partition coefficient (Wildman–Crippen LogP) is 1.87. The molecule has 0 spiro atoms. The van der Waals surface area contributed by atoms with Crippen molar-refractivity contribution in [1.82, 2.24) is 10.2 Å². The second kappa shape index (κ2) is 5.25. The molecule has 100 valence electrons. The normalized spacial score (nSPS) is 31.8. The lowest BCUT2D eigenvalue weighted by Gasteiger charge is -2.34. The van der Waals surface area contributed by atoms with E-state index in [0.29, 0.717) is 18.1 Å². The fraction of sp³-hybridized carbons (Fsp3) is 1.00. The standard InChI is InChI=1S/C14H28N2O/c1-11(7-15-14(2,3)4)8-16-9-12-5-6-13(10-16)17-12/h11-13,15H,5-10H2,1-4H3. The third-order valence-electron chi connectivity index (χ3n) is 3.67. The fourth-order valence-electron chi connectivity index (χ4n) is 2.83. The highest BCUT2D eigenvalue weighted by Crippen LogP contribution is 2.26. The molecule has 17 heavy (non-hydrogen) atoms. The van der Waals surface area contributed by atoms with E-state index in [9.17, 15) is 0 Å². The molecule has 0 aromatic carbocycles. The third-order valence-corrected chi connectivity index (χ3v) is 3.67. The van der Waals surface area contributed by atoms with Crippen molar-refractivity contribution in [3.8, 4) is 0 Å². The van der Waals surface area contributed by atoms with Crippen LogP contribution in [0, 0.1) is 5.92 Å². The van der Waals surface area contributed by atoms with Gasteiger partial charge in [0.1, 0.15) is 0 Å². The molecule has 0 radical (unpaired) electrons. The van der Waals surface area contributed by atoms with E-state index in [1.54, 1.807) is 0 Å². The van der Waals surface area contributed by atoms with Crippen LogP contribution in [0.25, 0.3) is 0 Å². The van der Waals surface area contributed by atoms with Crippen molar-refractivity contribution in [1.29, 1.82) is 0 Å². The summed E-state index contributed by atoms with van der Waals surface area (Å²) >= 11 is 0. The van der Waals surface area contributed by atoms with Crippen LogP contribution in [-0.4, -0.2) is 48.8 Å². The van der Waals surface area contributed by atoms with Gasteiger partial charge in [-0.1, -0.05) is 6.92 Å². The monoisotopic (exact) mass is 240 g/mol. The average molecular weight is 240 g/mol. The first-order valence-electron chi connectivity index (χ1n) is 7.05. The van der Waals surface area contributed by atoms with Crippen LogP contribution in [0.1, 0.15) is 40.5 Å². The SMILES string of the molecule is CC(CNC(C)(C)C)CN1CC2CCC(C1)O2. The molecule has 0 saturated carbocycles. The van der Waals surface area contributed by atoms with E-state index < -0.39 is 0 Å². The lowest BCUT2D eigenvalue weighted by Crippen LogP contribution is -2.46. The molecule has 2 fully saturated rings. The number of likely N-dealkylation sites (tertiary alicyclic amines) is 1. The molecular formula is C14H28N2O. The molecule has 2 aliphatic rings. The van der Waals surface area contributed by atoms with Gasteiger partial charge in [-0.2, -0.15) is 0 Å². The Morgan fingerprint density at radius 3 is 2.35 bits per heavy atom. The van der Waals surface area contributed by atoms with Gasteiger partial charge < -0.3 is 10.1 Å². The quantitative estimate of drug-likeness (QED) is 0.812. The number of hydrogen-bond acceptors (Lipinski definition) is 3. The highest BCUT2D eigenvalue weighted by molar-refractivity contribution is 4.85. The Hall–Kier alpha value is -0.120. The summed E-state index contributed by atoms with van der Waals surface area (Å²) in [6.45, 7) is 13.6. The third kappa shape index (κ3) is 4.23. The van der Waals surface area contributed by atoms with Crippen LogP contribution < -0.4 is 5.32 Å². The van der Waals surface area contributed by atoms with Crippen molar-refractivity contribution >= 4 is 0 Å². The Morgan fingerprint density at radius 2 is 1.82 bits per heavy atom. The summed E-state index contributed by atoms with van der Waals surface area (Å²) in [6.07, 6.45) is 3.60. The van der Waals surface area contributed by atoms with Gasteiger partial charge in [-0.25, -0.2) is 0 Å². The molecule has 3 heteroatoms. The molecule has 0 aliphatic carbocycles. The lowest BCUT2D eigenvalue weighted by atomic mass is 10.1. The first-order valence-corrected chi connectivity index (χ1v) is 7.05. The minimum absolute atomic E-state index is 0.234. The molecule has 2 saturated heterocycles. The Morgan fingerprint density at radius 1 is 1.24 bits per heavy atom. The van der Waals surface area contributed by atoms with Crippen LogP contribution in [-0.2, 0) is 4.74 Å². The summed E-state index contributed by atoms with van der Waals surface area (Å²) in [7, 11) is 0. The number of hydrogen-bond donors (Lipinski definition) is 1. The van der Waals surface area contributed by atoms with Crippen molar-refractivity contribution in [2.75, 3.05) is 26.2 Å². The molecule has 1 N–H and O–H groups in total. The number of nitrogens with zero attached hydrogens (tertiary/aromatic N) is 1. The van der Waals surface area contributed by atoms with Gasteiger partial charge in [-0.15, -0.1) is 0 Å². The van der Waals surface area contributed by atoms with Crippen molar-refractivity contribution in [2.45, 2.75) is 58.3 Å². The average Bonchev–Trinajstić information content (AvgIpc) is 2.54. The molecule has 3 unspecified atom stereocenters. The summed E-state index contributed by atoms with van der Waals surface area (Å²) in [5, 5.41) is 3.59. The van der Waals surface area contributed by atoms with E-state index in [0.717, 1.165) is 19.6 Å². The lowest BCUT2D eigenvalue weighted by molar-refractivity contribution is -0.0419. The maximum absolute atomic E-state index is 5.87. The molecule has 2 aliphatic heterocycles. The van der Waals surface area contributed by atoms with Gasteiger partial charge >= 0.3 is 0 Å². The van der Waals surface area contributed by atoms with Crippen LogP contribution in [0.5, 0.6) is 0 Å².